The third-order valence-corrected chi connectivity index (χ3v) is 2.93. The summed E-state index contributed by atoms with van der Waals surface area (Å²) in [5, 5.41) is 11.7. The summed E-state index contributed by atoms with van der Waals surface area (Å²) in [7, 11) is 1.52. The van der Waals surface area contributed by atoms with Crippen molar-refractivity contribution in [3.05, 3.63) is 35.9 Å². The molecule has 1 aromatic carbocycles. The highest BCUT2D eigenvalue weighted by Crippen LogP contribution is 2.17. The summed E-state index contributed by atoms with van der Waals surface area (Å²) in [5.41, 5.74) is 0.651. The lowest BCUT2D eigenvalue weighted by molar-refractivity contribution is -0.136. The Morgan fingerprint density at radius 2 is 2.00 bits per heavy atom. The van der Waals surface area contributed by atoms with E-state index in [0.717, 1.165) is 6.42 Å². The lowest BCUT2D eigenvalue weighted by Crippen LogP contribution is -2.42. The zero-order valence-electron chi connectivity index (χ0n) is 11.8. The number of rotatable bonds is 6. The molecule has 1 aromatic rings. The van der Waals surface area contributed by atoms with E-state index >= 15 is 0 Å². The molecule has 1 unspecified atom stereocenters. The van der Waals surface area contributed by atoms with Crippen molar-refractivity contribution in [2.45, 2.75) is 19.3 Å². The minimum absolute atomic E-state index is 0.0197. The monoisotopic (exact) mass is 273 g/mol. The van der Waals surface area contributed by atoms with Crippen molar-refractivity contribution in [3.63, 3.8) is 0 Å². The molecule has 0 aliphatic heterocycles. The van der Waals surface area contributed by atoms with E-state index in [0.29, 0.717) is 12.1 Å². The molecule has 0 saturated heterocycles. The molecule has 0 heterocycles. The van der Waals surface area contributed by atoms with Gasteiger partial charge < -0.3 is 10.2 Å². The van der Waals surface area contributed by atoms with Crippen LogP contribution in [0.25, 0.3) is 0 Å². The Balaban J connectivity index is 2.92. The Morgan fingerprint density at radius 1 is 1.35 bits per heavy atom. The van der Waals surface area contributed by atoms with Crippen LogP contribution in [0, 0.1) is 11.3 Å². The van der Waals surface area contributed by atoms with Crippen LogP contribution in [0.2, 0.25) is 0 Å². The van der Waals surface area contributed by atoms with Crippen molar-refractivity contribution in [2.24, 2.45) is 0 Å². The predicted molar refractivity (Wildman–Crippen MR) is 75.7 cm³/mol. The molecule has 0 fully saturated rings. The van der Waals surface area contributed by atoms with E-state index in [9.17, 15) is 14.9 Å². The number of hydrogen-bond acceptors (Lipinski definition) is 3. The molecule has 20 heavy (non-hydrogen) atoms. The van der Waals surface area contributed by atoms with Gasteiger partial charge in [0, 0.05) is 13.6 Å². The van der Waals surface area contributed by atoms with Crippen LogP contribution in [0.3, 0.4) is 0 Å². The molecule has 0 aliphatic carbocycles. The Kier molecular flexibility index (Phi) is 6.24. The van der Waals surface area contributed by atoms with Gasteiger partial charge in [0.15, 0.2) is 0 Å². The standard InChI is InChI=1S/C15H19N3O2/c1-3-9-18(11-14(19)17-2)15(20)13(10-16)12-7-5-4-6-8-12/h4-8,13H,3,9,11H2,1-2H3,(H,17,19). The van der Waals surface area contributed by atoms with E-state index in [1.807, 2.05) is 19.1 Å². The van der Waals surface area contributed by atoms with Crippen molar-refractivity contribution in [2.75, 3.05) is 20.1 Å². The SMILES string of the molecule is CCCN(CC(=O)NC)C(=O)C(C#N)c1ccccc1. The van der Waals surface area contributed by atoms with Crippen molar-refractivity contribution < 1.29 is 9.59 Å². The lowest BCUT2D eigenvalue weighted by Gasteiger charge is -2.23. The van der Waals surface area contributed by atoms with Crippen LogP contribution < -0.4 is 5.32 Å². The van der Waals surface area contributed by atoms with Gasteiger partial charge in [-0.1, -0.05) is 37.3 Å². The van der Waals surface area contributed by atoms with Crippen LogP contribution in [0.15, 0.2) is 30.3 Å². The largest absolute Gasteiger partial charge is 0.358 e. The molecule has 1 rings (SSSR count). The molecule has 2 amide bonds. The van der Waals surface area contributed by atoms with E-state index in [-0.39, 0.29) is 18.4 Å². The van der Waals surface area contributed by atoms with Crippen LogP contribution in [-0.4, -0.2) is 36.9 Å². The number of likely N-dealkylation sites (N-methyl/N-ethyl adjacent to an activating group) is 1. The first-order chi connectivity index (χ1) is 9.63. The molecular weight excluding hydrogens is 254 g/mol. The number of nitrogens with one attached hydrogen (secondary N) is 1. The molecule has 0 saturated carbocycles. The fraction of sp³-hybridized carbons (Fsp3) is 0.400. The van der Waals surface area contributed by atoms with E-state index < -0.39 is 5.92 Å². The molecule has 0 bridgehead atoms. The average molecular weight is 273 g/mol. The summed E-state index contributed by atoms with van der Waals surface area (Å²) >= 11 is 0. The van der Waals surface area contributed by atoms with E-state index in [4.69, 9.17) is 0 Å². The molecule has 5 nitrogen and oxygen atoms in total. The van der Waals surface area contributed by atoms with Gasteiger partial charge in [-0.25, -0.2) is 0 Å². The van der Waals surface area contributed by atoms with Crippen LogP contribution in [0.5, 0.6) is 0 Å². The smallest absolute Gasteiger partial charge is 0.244 e. The Bertz CT molecular complexity index is 494. The Labute approximate surface area is 119 Å². The van der Waals surface area contributed by atoms with Crippen LogP contribution in [0.1, 0.15) is 24.8 Å². The van der Waals surface area contributed by atoms with E-state index in [1.165, 1.54) is 11.9 Å². The van der Waals surface area contributed by atoms with Gasteiger partial charge in [-0.3, -0.25) is 9.59 Å². The minimum atomic E-state index is -0.868. The van der Waals surface area contributed by atoms with Gasteiger partial charge in [0.1, 0.15) is 5.92 Å². The molecule has 1 atom stereocenters. The third-order valence-electron chi connectivity index (χ3n) is 2.93. The van der Waals surface area contributed by atoms with Crippen molar-refractivity contribution in [1.82, 2.24) is 10.2 Å². The number of benzene rings is 1. The van der Waals surface area contributed by atoms with Gasteiger partial charge in [-0.15, -0.1) is 0 Å². The Hall–Kier alpha value is -2.35. The molecule has 0 aliphatic rings. The number of nitriles is 1. The van der Waals surface area contributed by atoms with Gasteiger partial charge in [-0.05, 0) is 12.0 Å². The predicted octanol–water partition coefficient (Wildman–Crippen LogP) is 1.28. The molecule has 106 valence electrons. The molecule has 1 N–H and O–H groups in total. The van der Waals surface area contributed by atoms with Gasteiger partial charge in [0.05, 0.1) is 12.6 Å². The summed E-state index contributed by atoms with van der Waals surface area (Å²) in [6.07, 6.45) is 0.732. The lowest BCUT2D eigenvalue weighted by atomic mass is 9.99. The highest BCUT2D eigenvalue weighted by Gasteiger charge is 2.26. The normalized spacial score (nSPS) is 11.2. The highest BCUT2D eigenvalue weighted by atomic mass is 16.2. The first-order valence-electron chi connectivity index (χ1n) is 6.58. The Morgan fingerprint density at radius 3 is 2.50 bits per heavy atom. The number of carbonyl (C=O) groups excluding carboxylic acids is 2. The van der Waals surface area contributed by atoms with Gasteiger partial charge in [0.25, 0.3) is 0 Å². The fourth-order valence-electron chi connectivity index (χ4n) is 1.89. The van der Waals surface area contributed by atoms with Gasteiger partial charge in [-0.2, -0.15) is 5.26 Å². The van der Waals surface area contributed by atoms with Crippen LogP contribution in [0.4, 0.5) is 0 Å². The zero-order valence-corrected chi connectivity index (χ0v) is 11.8. The van der Waals surface area contributed by atoms with Crippen molar-refractivity contribution in [1.29, 1.82) is 5.26 Å². The highest BCUT2D eigenvalue weighted by molar-refractivity contribution is 5.90. The molecular formula is C15H19N3O2. The maximum absolute atomic E-state index is 12.4. The second kappa shape index (κ2) is 7.95. The number of amides is 2. The summed E-state index contributed by atoms with van der Waals surface area (Å²) in [5.74, 6) is -1.44. The maximum atomic E-state index is 12.4. The third kappa shape index (κ3) is 4.09. The van der Waals surface area contributed by atoms with Crippen molar-refractivity contribution in [3.8, 4) is 6.07 Å². The molecule has 0 aromatic heterocycles. The summed E-state index contributed by atoms with van der Waals surface area (Å²) < 4.78 is 0. The second-order valence-electron chi connectivity index (χ2n) is 4.41. The molecule has 0 radical (unpaired) electrons. The first kappa shape index (κ1) is 15.7. The van der Waals surface area contributed by atoms with Crippen LogP contribution >= 0.6 is 0 Å². The summed E-state index contributed by atoms with van der Waals surface area (Å²) in [4.78, 5) is 25.3. The maximum Gasteiger partial charge on any atom is 0.244 e. The second-order valence-corrected chi connectivity index (χ2v) is 4.41. The van der Waals surface area contributed by atoms with E-state index in [1.54, 1.807) is 24.3 Å². The number of hydrogen-bond donors (Lipinski definition) is 1. The first-order valence-corrected chi connectivity index (χ1v) is 6.58. The van der Waals surface area contributed by atoms with Crippen LogP contribution in [-0.2, 0) is 9.59 Å². The topological polar surface area (TPSA) is 73.2 Å². The summed E-state index contributed by atoms with van der Waals surface area (Å²) in [6.45, 7) is 2.36. The quantitative estimate of drug-likeness (QED) is 0.848. The average Bonchev–Trinajstić information content (AvgIpc) is 2.48. The van der Waals surface area contributed by atoms with Gasteiger partial charge in [0.2, 0.25) is 11.8 Å². The number of nitrogens with zero attached hydrogens (tertiary/aromatic N) is 2. The molecule has 0 spiro atoms. The molecule has 5 heteroatoms. The minimum Gasteiger partial charge on any atom is -0.358 e. The zero-order chi connectivity index (χ0) is 15.0. The fourth-order valence-corrected chi connectivity index (χ4v) is 1.89. The van der Waals surface area contributed by atoms with Gasteiger partial charge >= 0.3 is 0 Å². The van der Waals surface area contributed by atoms with E-state index in [2.05, 4.69) is 5.32 Å². The summed E-state index contributed by atoms with van der Waals surface area (Å²) in [6, 6.07) is 10.9. The van der Waals surface area contributed by atoms with Crippen molar-refractivity contribution >= 4 is 11.8 Å². The number of carbonyl (C=O) groups is 2.